The lowest BCUT2D eigenvalue weighted by molar-refractivity contribution is -0.141. The van der Waals surface area contributed by atoms with Gasteiger partial charge in [-0.1, -0.05) is 25.5 Å². The van der Waals surface area contributed by atoms with Crippen molar-refractivity contribution in [2.24, 2.45) is 0 Å². The zero-order chi connectivity index (χ0) is 20.5. The fourth-order valence-corrected chi connectivity index (χ4v) is 2.83. The largest absolute Gasteiger partial charge is 0.469 e. The number of ether oxygens (including phenoxy) is 1. The molecule has 0 spiro atoms. The number of esters is 1. The van der Waals surface area contributed by atoms with E-state index in [0.717, 1.165) is 25.1 Å². The van der Waals surface area contributed by atoms with Crippen LogP contribution in [0.3, 0.4) is 0 Å². The van der Waals surface area contributed by atoms with Gasteiger partial charge in [-0.15, -0.1) is 0 Å². The summed E-state index contributed by atoms with van der Waals surface area (Å²) >= 11 is 0. The number of carbonyl (C=O) groups is 2. The zero-order valence-corrected chi connectivity index (χ0v) is 16.6. The topological polar surface area (TPSA) is 58.6 Å². The molecule has 1 atom stereocenters. The van der Waals surface area contributed by atoms with E-state index in [1.807, 2.05) is 19.2 Å². The summed E-state index contributed by atoms with van der Waals surface area (Å²) in [5.41, 5.74) is 2.16. The molecule has 1 amide bonds. The van der Waals surface area contributed by atoms with Crippen molar-refractivity contribution in [2.45, 2.75) is 32.2 Å². The predicted octanol–water partition coefficient (Wildman–Crippen LogP) is 4.10. The summed E-state index contributed by atoms with van der Waals surface area (Å²) in [6.45, 7) is 3.10. The number of hydrogen-bond donors (Lipinski definition) is 1. The van der Waals surface area contributed by atoms with Crippen LogP contribution >= 0.6 is 0 Å². The maximum atomic E-state index is 13.2. The van der Waals surface area contributed by atoms with Gasteiger partial charge in [0.2, 0.25) is 0 Å². The van der Waals surface area contributed by atoms with Crippen LogP contribution in [0.15, 0.2) is 48.5 Å². The van der Waals surface area contributed by atoms with Crippen LogP contribution < -0.4 is 10.2 Å². The summed E-state index contributed by atoms with van der Waals surface area (Å²) in [5.74, 6) is -1.14. The number of rotatable bonds is 9. The standard InChI is InChI=1S/C22H27FN2O3/c1-4-5-14-25(2)19-12-8-17(9-13-19)22(27)24-20(15-21(26)28-3)16-6-10-18(23)11-7-16/h6-13,20H,4-5,14-15H2,1-3H3,(H,24,27)/t20-/m1/s1. The van der Waals surface area contributed by atoms with Gasteiger partial charge in [0, 0.05) is 24.8 Å². The lowest BCUT2D eigenvalue weighted by Gasteiger charge is -2.20. The number of hydrogen-bond acceptors (Lipinski definition) is 4. The van der Waals surface area contributed by atoms with E-state index in [-0.39, 0.29) is 18.1 Å². The minimum Gasteiger partial charge on any atom is -0.469 e. The van der Waals surface area contributed by atoms with Crippen LogP contribution in [-0.2, 0) is 9.53 Å². The molecule has 2 aromatic carbocycles. The summed E-state index contributed by atoms with van der Waals surface area (Å²) in [6.07, 6.45) is 2.19. The number of nitrogens with zero attached hydrogens (tertiary/aromatic N) is 1. The van der Waals surface area contributed by atoms with Gasteiger partial charge in [0.25, 0.3) is 5.91 Å². The van der Waals surface area contributed by atoms with E-state index >= 15 is 0 Å². The fraction of sp³-hybridized carbons (Fsp3) is 0.364. The first kappa shape index (κ1) is 21.4. The molecule has 0 unspecified atom stereocenters. The smallest absolute Gasteiger partial charge is 0.307 e. The summed E-state index contributed by atoms with van der Waals surface area (Å²) in [6, 6.07) is 12.4. The Morgan fingerprint density at radius 3 is 2.32 bits per heavy atom. The number of carbonyl (C=O) groups excluding carboxylic acids is 2. The van der Waals surface area contributed by atoms with E-state index in [2.05, 4.69) is 17.1 Å². The van der Waals surface area contributed by atoms with Crippen LogP contribution in [0.2, 0.25) is 0 Å². The molecule has 0 aromatic heterocycles. The SMILES string of the molecule is CCCCN(C)c1ccc(C(=O)N[C@H](CC(=O)OC)c2ccc(F)cc2)cc1. The lowest BCUT2D eigenvalue weighted by atomic mass is 10.0. The summed E-state index contributed by atoms with van der Waals surface area (Å²) in [4.78, 5) is 26.5. The highest BCUT2D eigenvalue weighted by Crippen LogP contribution is 2.20. The molecule has 0 bridgehead atoms. The third-order valence-electron chi connectivity index (χ3n) is 4.59. The molecule has 0 aliphatic carbocycles. The molecule has 150 valence electrons. The molecule has 28 heavy (non-hydrogen) atoms. The molecule has 0 fully saturated rings. The van der Waals surface area contributed by atoms with Crippen LogP contribution in [0.1, 0.15) is 48.1 Å². The Kier molecular flexibility index (Phi) is 7.99. The molecule has 0 saturated heterocycles. The van der Waals surface area contributed by atoms with E-state index < -0.39 is 12.0 Å². The van der Waals surface area contributed by atoms with Gasteiger partial charge in [0.15, 0.2) is 0 Å². The monoisotopic (exact) mass is 386 g/mol. The van der Waals surface area contributed by atoms with Crippen LogP contribution in [0.5, 0.6) is 0 Å². The van der Waals surface area contributed by atoms with Crippen LogP contribution in [0.25, 0.3) is 0 Å². The quantitative estimate of drug-likeness (QED) is 0.660. The maximum absolute atomic E-state index is 13.2. The van der Waals surface area contributed by atoms with Crippen molar-refractivity contribution >= 4 is 17.6 Å². The van der Waals surface area contributed by atoms with Gasteiger partial charge in [-0.2, -0.15) is 0 Å². The summed E-state index contributed by atoms with van der Waals surface area (Å²) < 4.78 is 17.9. The van der Waals surface area contributed by atoms with Crippen molar-refractivity contribution in [2.75, 3.05) is 25.6 Å². The van der Waals surface area contributed by atoms with Gasteiger partial charge in [0.1, 0.15) is 5.82 Å². The van der Waals surface area contributed by atoms with E-state index in [1.165, 1.54) is 19.2 Å². The highest BCUT2D eigenvalue weighted by Gasteiger charge is 2.20. The average molecular weight is 386 g/mol. The van der Waals surface area contributed by atoms with Gasteiger partial charge in [-0.25, -0.2) is 4.39 Å². The van der Waals surface area contributed by atoms with Crippen molar-refractivity contribution < 1.29 is 18.7 Å². The first-order chi connectivity index (χ1) is 13.4. The highest BCUT2D eigenvalue weighted by atomic mass is 19.1. The molecular weight excluding hydrogens is 359 g/mol. The predicted molar refractivity (Wildman–Crippen MR) is 108 cm³/mol. The van der Waals surface area contributed by atoms with Crippen LogP contribution in [0.4, 0.5) is 10.1 Å². The normalized spacial score (nSPS) is 11.6. The molecular formula is C22H27FN2O3. The molecule has 6 heteroatoms. The Labute approximate surface area is 165 Å². The molecule has 1 N–H and O–H groups in total. The Morgan fingerprint density at radius 2 is 1.75 bits per heavy atom. The zero-order valence-electron chi connectivity index (χ0n) is 16.6. The highest BCUT2D eigenvalue weighted by molar-refractivity contribution is 5.95. The van der Waals surface area contributed by atoms with Crippen LogP contribution in [0, 0.1) is 5.82 Å². The van der Waals surface area contributed by atoms with Crippen molar-refractivity contribution in [3.05, 3.63) is 65.5 Å². The second kappa shape index (κ2) is 10.4. The summed E-state index contributed by atoms with van der Waals surface area (Å²) in [7, 11) is 3.31. The third kappa shape index (κ3) is 6.08. The molecule has 0 radical (unpaired) electrons. The van der Waals surface area contributed by atoms with Crippen molar-refractivity contribution in [3.63, 3.8) is 0 Å². The molecule has 2 rings (SSSR count). The second-order valence-corrected chi connectivity index (χ2v) is 6.68. The number of methoxy groups -OCH3 is 1. The van der Waals surface area contributed by atoms with Crippen molar-refractivity contribution in [1.82, 2.24) is 5.32 Å². The third-order valence-corrected chi connectivity index (χ3v) is 4.59. The lowest BCUT2D eigenvalue weighted by Crippen LogP contribution is -2.30. The molecule has 5 nitrogen and oxygen atoms in total. The minimum atomic E-state index is -0.604. The van der Waals surface area contributed by atoms with E-state index in [0.29, 0.717) is 11.1 Å². The number of amides is 1. The molecule has 0 heterocycles. The van der Waals surface area contributed by atoms with E-state index in [4.69, 9.17) is 4.74 Å². The number of anilines is 1. The van der Waals surface area contributed by atoms with Gasteiger partial charge in [-0.3, -0.25) is 9.59 Å². The van der Waals surface area contributed by atoms with Gasteiger partial charge < -0.3 is 15.0 Å². The molecule has 2 aromatic rings. The first-order valence-corrected chi connectivity index (χ1v) is 9.39. The molecule has 0 aliphatic rings. The Hall–Kier alpha value is -2.89. The number of nitrogens with one attached hydrogen (secondary N) is 1. The number of benzene rings is 2. The Balaban J connectivity index is 2.11. The summed E-state index contributed by atoms with van der Waals surface area (Å²) in [5, 5.41) is 2.84. The molecule has 0 aliphatic heterocycles. The van der Waals surface area contributed by atoms with E-state index in [9.17, 15) is 14.0 Å². The van der Waals surface area contributed by atoms with E-state index in [1.54, 1.807) is 24.3 Å². The van der Waals surface area contributed by atoms with Crippen LogP contribution in [-0.4, -0.2) is 32.6 Å². The van der Waals surface area contributed by atoms with Gasteiger partial charge >= 0.3 is 5.97 Å². The number of unbranched alkanes of at least 4 members (excludes halogenated alkanes) is 1. The fourth-order valence-electron chi connectivity index (χ4n) is 2.83. The van der Waals surface area contributed by atoms with Gasteiger partial charge in [-0.05, 0) is 48.4 Å². The first-order valence-electron chi connectivity index (χ1n) is 9.39. The maximum Gasteiger partial charge on any atom is 0.307 e. The number of halogens is 1. The Bertz CT molecular complexity index is 775. The van der Waals surface area contributed by atoms with Crippen molar-refractivity contribution in [1.29, 1.82) is 0 Å². The average Bonchev–Trinajstić information content (AvgIpc) is 2.72. The Morgan fingerprint density at radius 1 is 1.11 bits per heavy atom. The van der Waals surface area contributed by atoms with Gasteiger partial charge in [0.05, 0.1) is 19.6 Å². The molecule has 0 saturated carbocycles. The minimum absolute atomic E-state index is 0.0360. The van der Waals surface area contributed by atoms with Crippen molar-refractivity contribution in [3.8, 4) is 0 Å². The second-order valence-electron chi connectivity index (χ2n) is 6.68.